The molecule has 0 saturated heterocycles. The van der Waals surface area contributed by atoms with E-state index in [1.807, 2.05) is 27.7 Å². The summed E-state index contributed by atoms with van der Waals surface area (Å²) in [6.45, 7) is 7.86. The molecule has 0 aliphatic rings. The van der Waals surface area contributed by atoms with Crippen LogP contribution in [-0.4, -0.2) is 24.5 Å². The highest BCUT2D eigenvalue weighted by Gasteiger charge is 2.17. The van der Waals surface area contributed by atoms with E-state index in [2.05, 4.69) is 0 Å². The van der Waals surface area contributed by atoms with Gasteiger partial charge in [0.05, 0.1) is 18.8 Å². The molecule has 3 heteroatoms. The van der Waals surface area contributed by atoms with Crippen LogP contribution < -0.4 is 5.73 Å². The van der Waals surface area contributed by atoms with Crippen LogP contribution in [0, 0.1) is 5.92 Å². The minimum absolute atomic E-state index is 0.00392. The van der Waals surface area contributed by atoms with Crippen molar-refractivity contribution in [1.29, 1.82) is 0 Å². The molecule has 1 atom stereocenters. The molecule has 0 aliphatic carbocycles. The lowest BCUT2D eigenvalue weighted by Gasteiger charge is -2.14. The van der Waals surface area contributed by atoms with Crippen LogP contribution in [0.1, 0.15) is 27.7 Å². The van der Waals surface area contributed by atoms with Gasteiger partial charge in [-0.25, -0.2) is 0 Å². The number of nitrogens with two attached hydrogens (primary N) is 1. The Balaban J connectivity index is 3.72. The molecule has 0 spiro atoms. The zero-order valence-corrected chi connectivity index (χ0v) is 8.33. The molecule has 0 aromatic carbocycles. The van der Waals surface area contributed by atoms with Crippen molar-refractivity contribution in [3.05, 3.63) is 0 Å². The van der Waals surface area contributed by atoms with Gasteiger partial charge in [0.25, 0.3) is 0 Å². The molecule has 0 unspecified atom stereocenters. The highest BCUT2D eigenvalue weighted by atomic mass is 16.5. The molecule has 3 nitrogen and oxygen atoms in total. The van der Waals surface area contributed by atoms with Gasteiger partial charge >= 0.3 is 0 Å². The number of hydrogen-bond acceptors (Lipinski definition) is 3. The molecule has 0 radical (unpaired) electrons. The molecule has 0 heterocycles. The van der Waals surface area contributed by atoms with E-state index in [-0.39, 0.29) is 17.8 Å². The molecular weight excluding hydrogens is 154 g/mol. The maximum absolute atomic E-state index is 11.3. The van der Waals surface area contributed by atoms with Crippen LogP contribution in [0.25, 0.3) is 0 Å². The maximum Gasteiger partial charge on any atom is 0.154 e. The number of ether oxygens (including phenoxy) is 1. The zero-order valence-electron chi connectivity index (χ0n) is 8.33. The Kier molecular flexibility index (Phi) is 5.09. The number of carbonyl (C=O) groups excluding carboxylic acids is 1. The van der Waals surface area contributed by atoms with Gasteiger partial charge in [-0.1, -0.05) is 13.8 Å². The molecule has 0 fully saturated rings. The van der Waals surface area contributed by atoms with Crippen molar-refractivity contribution in [3.63, 3.8) is 0 Å². The van der Waals surface area contributed by atoms with E-state index in [4.69, 9.17) is 10.5 Å². The first-order valence-electron chi connectivity index (χ1n) is 4.36. The smallest absolute Gasteiger partial charge is 0.154 e. The Labute approximate surface area is 74.3 Å². The lowest BCUT2D eigenvalue weighted by molar-refractivity contribution is -0.124. The summed E-state index contributed by atoms with van der Waals surface area (Å²) in [5.74, 6) is 0.0615. The lowest BCUT2D eigenvalue weighted by atomic mass is 10.0. The monoisotopic (exact) mass is 173 g/mol. The predicted octanol–water partition coefficient (Wildman–Crippen LogP) is 0.964. The Morgan fingerprint density at radius 1 is 1.33 bits per heavy atom. The maximum atomic E-state index is 11.3. The molecule has 0 aromatic rings. The average molecular weight is 173 g/mol. The van der Waals surface area contributed by atoms with Crippen LogP contribution in [0.4, 0.5) is 0 Å². The normalized spacial score (nSPS) is 13.9. The minimum Gasteiger partial charge on any atom is -0.377 e. The van der Waals surface area contributed by atoms with E-state index in [0.717, 1.165) is 0 Å². The van der Waals surface area contributed by atoms with Crippen molar-refractivity contribution in [2.75, 3.05) is 6.61 Å². The van der Waals surface area contributed by atoms with Crippen molar-refractivity contribution in [1.82, 2.24) is 0 Å². The fraction of sp³-hybridized carbons (Fsp3) is 0.889. The predicted molar refractivity (Wildman–Crippen MR) is 48.9 cm³/mol. The number of carbonyl (C=O) groups is 1. The molecule has 2 N–H and O–H groups in total. The first-order chi connectivity index (χ1) is 5.45. The van der Waals surface area contributed by atoms with Gasteiger partial charge in [-0.05, 0) is 13.8 Å². The lowest BCUT2D eigenvalue weighted by Crippen LogP contribution is -2.38. The van der Waals surface area contributed by atoms with Crippen molar-refractivity contribution in [3.8, 4) is 0 Å². The highest BCUT2D eigenvalue weighted by Crippen LogP contribution is 1.99. The summed E-state index contributed by atoms with van der Waals surface area (Å²) >= 11 is 0. The van der Waals surface area contributed by atoms with Crippen LogP contribution in [-0.2, 0) is 9.53 Å². The second kappa shape index (κ2) is 5.27. The van der Waals surface area contributed by atoms with Gasteiger partial charge < -0.3 is 10.5 Å². The molecule has 0 aliphatic heterocycles. The Morgan fingerprint density at radius 2 is 1.83 bits per heavy atom. The Hall–Kier alpha value is -0.410. The Morgan fingerprint density at radius 3 is 2.17 bits per heavy atom. The summed E-state index contributed by atoms with van der Waals surface area (Å²) < 4.78 is 5.23. The van der Waals surface area contributed by atoms with Crippen molar-refractivity contribution < 1.29 is 9.53 Å². The second-order valence-corrected chi connectivity index (χ2v) is 3.55. The van der Waals surface area contributed by atoms with E-state index in [0.29, 0.717) is 6.61 Å². The first kappa shape index (κ1) is 11.6. The molecule has 72 valence electrons. The number of rotatable bonds is 5. The van der Waals surface area contributed by atoms with Gasteiger partial charge in [0.2, 0.25) is 0 Å². The quantitative estimate of drug-likeness (QED) is 0.673. The highest BCUT2D eigenvalue weighted by molar-refractivity contribution is 5.85. The van der Waals surface area contributed by atoms with Crippen molar-refractivity contribution >= 4 is 5.78 Å². The summed E-state index contributed by atoms with van der Waals surface area (Å²) in [6, 6.07) is -0.465. The first-order valence-corrected chi connectivity index (χ1v) is 4.36. The number of Topliss-reactive ketones (excluding diaryl/α,β-unsaturated/α-hetero) is 1. The topological polar surface area (TPSA) is 52.3 Å². The SMILES string of the molecule is CC(C)OC[C@@H](N)C(=O)C(C)C. The van der Waals surface area contributed by atoms with Crippen molar-refractivity contribution in [2.24, 2.45) is 11.7 Å². The van der Waals surface area contributed by atoms with Gasteiger partial charge in [0.1, 0.15) is 0 Å². The van der Waals surface area contributed by atoms with Gasteiger partial charge in [-0.3, -0.25) is 4.79 Å². The molecular formula is C9H19NO2. The summed E-state index contributed by atoms with van der Waals surface area (Å²) in [4.78, 5) is 11.3. The molecule has 12 heavy (non-hydrogen) atoms. The fourth-order valence-corrected chi connectivity index (χ4v) is 0.806. The summed E-state index contributed by atoms with van der Waals surface area (Å²) in [5.41, 5.74) is 5.59. The molecule has 0 amide bonds. The molecule has 0 aromatic heterocycles. The summed E-state index contributed by atoms with van der Waals surface area (Å²) in [7, 11) is 0. The largest absolute Gasteiger partial charge is 0.377 e. The van der Waals surface area contributed by atoms with Crippen molar-refractivity contribution in [2.45, 2.75) is 39.8 Å². The Bertz CT molecular complexity index is 143. The van der Waals surface area contributed by atoms with E-state index in [9.17, 15) is 4.79 Å². The van der Waals surface area contributed by atoms with E-state index in [1.165, 1.54) is 0 Å². The van der Waals surface area contributed by atoms with Crippen LogP contribution in [0.2, 0.25) is 0 Å². The van der Waals surface area contributed by atoms with E-state index < -0.39 is 6.04 Å². The number of hydrogen-bond donors (Lipinski definition) is 1. The summed E-state index contributed by atoms with van der Waals surface area (Å²) in [6.07, 6.45) is 0.135. The van der Waals surface area contributed by atoms with Crippen LogP contribution in [0.5, 0.6) is 0 Å². The van der Waals surface area contributed by atoms with Crippen LogP contribution in [0.3, 0.4) is 0 Å². The third kappa shape index (κ3) is 4.46. The standard InChI is InChI=1S/C9H19NO2/c1-6(2)9(11)8(10)5-12-7(3)4/h6-8H,5,10H2,1-4H3/t8-/m1/s1. The van der Waals surface area contributed by atoms with Gasteiger partial charge in [0, 0.05) is 5.92 Å². The van der Waals surface area contributed by atoms with Crippen LogP contribution in [0.15, 0.2) is 0 Å². The van der Waals surface area contributed by atoms with Crippen LogP contribution >= 0.6 is 0 Å². The zero-order chi connectivity index (χ0) is 9.72. The van der Waals surface area contributed by atoms with Gasteiger partial charge in [-0.15, -0.1) is 0 Å². The van der Waals surface area contributed by atoms with Gasteiger partial charge in [0.15, 0.2) is 5.78 Å². The number of ketones is 1. The molecule has 0 saturated carbocycles. The average Bonchev–Trinajstić information content (AvgIpc) is 1.98. The summed E-state index contributed by atoms with van der Waals surface area (Å²) in [5, 5.41) is 0. The van der Waals surface area contributed by atoms with E-state index >= 15 is 0 Å². The van der Waals surface area contributed by atoms with Gasteiger partial charge in [-0.2, -0.15) is 0 Å². The third-order valence-corrected chi connectivity index (χ3v) is 1.54. The second-order valence-electron chi connectivity index (χ2n) is 3.55. The molecule has 0 rings (SSSR count). The minimum atomic E-state index is -0.465. The van der Waals surface area contributed by atoms with E-state index in [1.54, 1.807) is 0 Å². The fourth-order valence-electron chi connectivity index (χ4n) is 0.806. The molecule has 0 bridgehead atoms. The third-order valence-electron chi connectivity index (χ3n) is 1.54.